The average Bonchev–Trinajstić information content (AvgIpc) is 3.04. The number of amidine groups is 1. The number of aliphatic carboxylic acids is 1. The van der Waals surface area contributed by atoms with E-state index >= 15 is 0 Å². The molecule has 29 heavy (non-hydrogen) atoms. The molecule has 0 radical (unpaired) electrons. The van der Waals surface area contributed by atoms with Crippen molar-refractivity contribution in [1.82, 2.24) is 5.32 Å². The Bertz CT molecular complexity index is 952. The first-order chi connectivity index (χ1) is 13.9. The molecule has 2 aromatic rings. The molecule has 1 atom stereocenters. The van der Waals surface area contributed by atoms with Gasteiger partial charge < -0.3 is 24.7 Å². The topological polar surface area (TPSA) is 100 Å². The van der Waals surface area contributed by atoms with E-state index in [0.717, 1.165) is 11.3 Å². The maximum atomic E-state index is 12.2. The number of carboxylic acid groups (broad SMARTS) is 1. The number of nitrogens with zero attached hydrogens (tertiary/aromatic N) is 1. The van der Waals surface area contributed by atoms with Crippen LogP contribution < -0.4 is 19.9 Å². The van der Waals surface area contributed by atoms with E-state index in [1.54, 1.807) is 30.3 Å². The number of carbonyl (C=O) groups is 2. The van der Waals surface area contributed by atoms with E-state index in [2.05, 4.69) is 10.3 Å². The molecule has 150 valence electrons. The van der Waals surface area contributed by atoms with Gasteiger partial charge in [-0.15, -0.1) is 0 Å². The molecule has 0 aliphatic carbocycles. The lowest BCUT2D eigenvalue weighted by molar-refractivity contribution is -0.312. The highest BCUT2D eigenvalue weighted by atomic mass is 32.2. The lowest BCUT2D eigenvalue weighted by atomic mass is 10.2. The fourth-order valence-corrected chi connectivity index (χ4v) is 3.27. The molecule has 0 unspecified atom stereocenters. The van der Waals surface area contributed by atoms with Gasteiger partial charge in [0.15, 0.2) is 5.17 Å². The number of aliphatic imine (C=N–C) groups is 1. The third-order valence-corrected chi connectivity index (χ3v) is 4.76. The maximum Gasteiger partial charge on any atom is 0.264 e. The molecule has 3 rings (SSSR count). The molecule has 1 amide bonds. The molecule has 1 aliphatic rings. The van der Waals surface area contributed by atoms with Crippen LogP contribution in [0.2, 0.25) is 0 Å². The second-order valence-corrected chi connectivity index (χ2v) is 7.09. The number of carbonyl (C=O) groups excluding carboxylic acids is 2. The number of thioether (sulfide) groups is 1. The Labute approximate surface area is 172 Å². The lowest BCUT2D eigenvalue weighted by Gasteiger charge is -2.15. The van der Waals surface area contributed by atoms with Crippen molar-refractivity contribution >= 4 is 40.6 Å². The Morgan fingerprint density at radius 2 is 1.83 bits per heavy atom. The summed E-state index contributed by atoms with van der Waals surface area (Å²) in [5.41, 5.74) is 1.49. The van der Waals surface area contributed by atoms with Crippen LogP contribution >= 0.6 is 11.8 Å². The van der Waals surface area contributed by atoms with Gasteiger partial charge in [-0.3, -0.25) is 4.79 Å². The first-order valence-electron chi connectivity index (χ1n) is 8.94. The van der Waals surface area contributed by atoms with Gasteiger partial charge in [-0.1, -0.05) is 12.1 Å². The minimum absolute atomic E-state index is 0.231. The Balaban J connectivity index is 1.68. The normalized spacial score (nSPS) is 17.2. The Morgan fingerprint density at radius 1 is 1.17 bits per heavy atom. The highest BCUT2D eigenvalue weighted by molar-refractivity contribution is 8.18. The summed E-state index contributed by atoms with van der Waals surface area (Å²) in [4.78, 5) is 27.9. The Kier molecular flexibility index (Phi) is 6.56. The van der Waals surface area contributed by atoms with E-state index < -0.39 is 12.1 Å². The molecule has 2 aromatic carbocycles. The summed E-state index contributed by atoms with van der Waals surface area (Å²) in [5.74, 6) is -0.341. The molecular formula is C21H19N2O5S-. The summed E-state index contributed by atoms with van der Waals surface area (Å²) in [6, 6.07) is 14.0. The number of carboxylic acids is 1. The predicted molar refractivity (Wildman–Crippen MR) is 110 cm³/mol. The van der Waals surface area contributed by atoms with Crippen LogP contribution in [-0.2, 0) is 9.59 Å². The van der Waals surface area contributed by atoms with Crippen LogP contribution in [0.15, 0.2) is 58.4 Å². The third kappa shape index (κ3) is 5.61. The van der Waals surface area contributed by atoms with Crippen molar-refractivity contribution in [2.75, 3.05) is 6.61 Å². The smallest absolute Gasteiger partial charge is 0.264 e. The average molecular weight is 411 g/mol. The van der Waals surface area contributed by atoms with Crippen molar-refractivity contribution in [3.05, 3.63) is 59.0 Å². The number of rotatable bonds is 7. The van der Waals surface area contributed by atoms with Gasteiger partial charge in [-0.2, -0.15) is 0 Å². The van der Waals surface area contributed by atoms with Crippen molar-refractivity contribution in [3.63, 3.8) is 0 Å². The van der Waals surface area contributed by atoms with Crippen LogP contribution in [-0.4, -0.2) is 29.8 Å². The molecular weight excluding hydrogens is 392 g/mol. The van der Waals surface area contributed by atoms with Gasteiger partial charge in [0, 0.05) is 0 Å². The van der Waals surface area contributed by atoms with Gasteiger partial charge >= 0.3 is 0 Å². The summed E-state index contributed by atoms with van der Waals surface area (Å²) >= 11 is 1.24. The van der Waals surface area contributed by atoms with Gasteiger partial charge in [0.25, 0.3) is 5.91 Å². The SMILES string of the molecule is CCOc1ccc(N=C2NC(=O)/C(=C/c3ccc(O[C@@H](C)C(=O)[O-])cc3)S2)cc1. The van der Waals surface area contributed by atoms with Crippen molar-refractivity contribution < 1.29 is 24.2 Å². The molecule has 1 saturated heterocycles. The molecule has 1 fully saturated rings. The molecule has 0 bridgehead atoms. The van der Waals surface area contributed by atoms with Crippen molar-refractivity contribution in [3.8, 4) is 11.5 Å². The predicted octanol–water partition coefficient (Wildman–Crippen LogP) is 2.49. The van der Waals surface area contributed by atoms with Crippen LogP contribution in [0.4, 0.5) is 5.69 Å². The molecule has 0 spiro atoms. The van der Waals surface area contributed by atoms with Crippen LogP contribution in [0.5, 0.6) is 11.5 Å². The molecule has 0 saturated carbocycles. The minimum atomic E-state index is -1.28. The van der Waals surface area contributed by atoms with Gasteiger partial charge in [0.2, 0.25) is 0 Å². The van der Waals surface area contributed by atoms with E-state index in [4.69, 9.17) is 9.47 Å². The molecule has 8 heteroatoms. The Hall–Kier alpha value is -3.26. The summed E-state index contributed by atoms with van der Waals surface area (Å²) in [6.07, 6.45) is 0.684. The minimum Gasteiger partial charge on any atom is -0.546 e. The second kappa shape index (κ2) is 9.29. The third-order valence-electron chi connectivity index (χ3n) is 3.85. The number of hydrogen-bond acceptors (Lipinski definition) is 7. The van der Waals surface area contributed by atoms with E-state index in [-0.39, 0.29) is 5.91 Å². The molecule has 7 nitrogen and oxygen atoms in total. The van der Waals surface area contributed by atoms with Crippen LogP contribution in [0.25, 0.3) is 6.08 Å². The zero-order valence-corrected chi connectivity index (χ0v) is 16.7. The van der Waals surface area contributed by atoms with Crippen molar-refractivity contribution in [2.24, 2.45) is 4.99 Å². The Morgan fingerprint density at radius 3 is 2.45 bits per heavy atom. The highest BCUT2D eigenvalue weighted by Gasteiger charge is 2.23. The lowest BCUT2D eigenvalue weighted by Crippen LogP contribution is -2.37. The van der Waals surface area contributed by atoms with E-state index in [1.165, 1.54) is 18.7 Å². The maximum absolute atomic E-state index is 12.2. The number of hydrogen-bond donors (Lipinski definition) is 1. The molecule has 1 heterocycles. The number of nitrogens with one attached hydrogen (secondary N) is 1. The first kappa shape index (κ1) is 20.5. The van der Waals surface area contributed by atoms with Gasteiger partial charge in [0.05, 0.1) is 23.2 Å². The van der Waals surface area contributed by atoms with E-state index in [0.29, 0.717) is 28.1 Å². The monoisotopic (exact) mass is 411 g/mol. The quantitative estimate of drug-likeness (QED) is 0.703. The van der Waals surface area contributed by atoms with Crippen molar-refractivity contribution in [2.45, 2.75) is 20.0 Å². The summed E-state index contributed by atoms with van der Waals surface area (Å²) in [5, 5.41) is 14.0. The van der Waals surface area contributed by atoms with Gasteiger partial charge in [0.1, 0.15) is 17.6 Å². The van der Waals surface area contributed by atoms with E-state index in [9.17, 15) is 14.7 Å². The van der Waals surface area contributed by atoms with Crippen LogP contribution in [0, 0.1) is 0 Å². The van der Waals surface area contributed by atoms with Crippen LogP contribution in [0.1, 0.15) is 19.4 Å². The zero-order chi connectivity index (χ0) is 20.8. The summed E-state index contributed by atoms with van der Waals surface area (Å²) in [6.45, 7) is 3.91. The standard InChI is InChI=1S/C21H20N2O5S/c1-3-27-16-10-6-15(7-11-16)22-21-23-19(24)18(29-21)12-14-4-8-17(9-5-14)28-13(2)20(25)26/h4-13H,3H2,1-2H3,(H,25,26)(H,22,23,24)/p-1/b18-12-/t13-/m0/s1. The largest absolute Gasteiger partial charge is 0.546 e. The fourth-order valence-electron chi connectivity index (χ4n) is 2.43. The fraction of sp³-hybridized carbons (Fsp3) is 0.190. The van der Waals surface area contributed by atoms with Crippen LogP contribution in [0.3, 0.4) is 0 Å². The molecule has 1 N–H and O–H groups in total. The number of ether oxygens (including phenoxy) is 2. The van der Waals surface area contributed by atoms with Gasteiger partial charge in [-0.25, -0.2) is 4.99 Å². The first-order valence-corrected chi connectivity index (χ1v) is 9.76. The summed E-state index contributed by atoms with van der Waals surface area (Å²) in [7, 11) is 0. The van der Waals surface area contributed by atoms with Gasteiger partial charge in [-0.05, 0) is 73.6 Å². The summed E-state index contributed by atoms with van der Waals surface area (Å²) < 4.78 is 10.6. The zero-order valence-electron chi connectivity index (χ0n) is 15.9. The number of benzene rings is 2. The molecule has 0 aromatic heterocycles. The second-order valence-electron chi connectivity index (χ2n) is 6.06. The highest BCUT2D eigenvalue weighted by Crippen LogP contribution is 2.29. The van der Waals surface area contributed by atoms with E-state index in [1.807, 2.05) is 31.2 Å². The van der Waals surface area contributed by atoms with Crippen molar-refractivity contribution in [1.29, 1.82) is 0 Å². The molecule has 1 aliphatic heterocycles. The number of amides is 1.